The quantitative estimate of drug-likeness (QED) is 0.537. The Kier molecular flexibility index (Phi) is 3.64. The van der Waals surface area contributed by atoms with Crippen LogP contribution in [0.3, 0.4) is 0 Å². The van der Waals surface area contributed by atoms with Gasteiger partial charge in [-0.15, -0.1) is 0 Å². The molecule has 2 N–H and O–H groups in total. The monoisotopic (exact) mass is 303 g/mol. The van der Waals surface area contributed by atoms with E-state index in [1.54, 1.807) is 0 Å². The number of fused-ring (bicyclic) bond motifs is 2. The molecule has 4 aromatic rings. The predicted octanol–water partition coefficient (Wildman–Crippen LogP) is 3.99. The fourth-order valence-corrected chi connectivity index (χ4v) is 3.35. The third kappa shape index (κ3) is 2.64. The van der Waals surface area contributed by atoms with Crippen molar-refractivity contribution in [1.29, 1.82) is 0 Å². The van der Waals surface area contributed by atoms with E-state index < -0.39 is 0 Å². The van der Waals surface area contributed by atoms with E-state index in [2.05, 4.69) is 82.8 Å². The largest absolute Gasteiger partial charge is 0.361 e. The molecule has 0 unspecified atom stereocenters. The van der Waals surface area contributed by atoms with Gasteiger partial charge in [-0.2, -0.15) is 0 Å². The van der Waals surface area contributed by atoms with Crippen molar-refractivity contribution < 1.29 is 0 Å². The Labute approximate surface area is 135 Å². The molecule has 2 aromatic heterocycles. The highest BCUT2D eigenvalue weighted by Gasteiger charge is 2.06. The highest BCUT2D eigenvalue weighted by atomic mass is 14.9. The van der Waals surface area contributed by atoms with Gasteiger partial charge >= 0.3 is 0 Å². The molecule has 0 fully saturated rings. The van der Waals surface area contributed by atoms with E-state index in [0.717, 1.165) is 19.5 Å². The first-order chi connectivity index (χ1) is 11.3. The average molecular weight is 303 g/mol. The van der Waals surface area contributed by atoms with Gasteiger partial charge in [0.1, 0.15) is 0 Å². The summed E-state index contributed by atoms with van der Waals surface area (Å²) in [5.41, 5.74) is 5.26. The van der Waals surface area contributed by atoms with Crippen molar-refractivity contribution in [1.82, 2.24) is 14.9 Å². The lowest BCUT2D eigenvalue weighted by molar-refractivity contribution is 0.689. The third-order valence-electron chi connectivity index (χ3n) is 4.54. The zero-order valence-corrected chi connectivity index (χ0v) is 13.3. The van der Waals surface area contributed by atoms with Gasteiger partial charge in [-0.25, -0.2) is 0 Å². The van der Waals surface area contributed by atoms with E-state index >= 15 is 0 Å². The molecule has 0 spiro atoms. The molecule has 0 aliphatic heterocycles. The Balaban J connectivity index is 1.42. The highest BCUT2D eigenvalue weighted by molar-refractivity contribution is 5.84. The summed E-state index contributed by atoms with van der Waals surface area (Å²) in [5, 5.41) is 6.26. The van der Waals surface area contributed by atoms with Crippen LogP contribution in [0.15, 0.2) is 60.9 Å². The smallest absolute Gasteiger partial charge is 0.0481 e. The first kappa shape index (κ1) is 14.1. The normalized spacial score (nSPS) is 11.5. The van der Waals surface area contributed by atoms with E-state index in [1.165, 1.54) is 32.9 Å². The molecule has 0 atom stereocenters. The van der Waals surface area contributed by atoms with Crippen LogP contribution < -0.4 is 5.32 Å². The second-order valence-corrected chi connectivity index (χ2v) is 6.07. The van der Waals surface area contributed by atoms with Crippen LogP contribution >= 0.6 is 0 Å². The van der Waals surface area contributed by atoms with Gasteiger partial charge in [-0.3, -0.25) is 0 Å². The number of para-hydroxylation sites is 2. The van der Waals surface area contributed by atoms with Gasteiger partial charge < -0.3 is 14.9 Å². The van der Waals surface area contributed by atoms with Crippen LogP contribution in [-0.2, 0) is 20.0 Å². The molecule has 23 heavy (non-hydrogen) atoms. The van der Waals surface area contributed by atoms with Crippen LogP contribution in [0.25, 0.3) is 21.8 Å². The lowest BCUT2D eigenvalue weighted by Gasteiger charge is -2.04. The van der Waals surface area contributed by atoms with Crippen LogP contribution in [0.2, 0.25) is 0 Å². The number of rotatable bonds is 5. The lowest BCUT2D eigenvalue weighted by atomic mass is 10.1. The van der Waals surface area contributed by atoms with E-state index in [9.17, 15) is 0 Å². The number of benzene rings is 2. The standard InChI is InChI=1S/C20H21N3/c1-23-14-16(18-7-3-5-9-20(18)23)12-21-11-10-15-13-22-19-8-4-2-6-17(15)19/h2-9,13-14,21-22H,10-12H2,1H3. The van der Waals surface area contributed by atoms with Crippen LogP contribution in [-0.4, -0.2) is 16.1 Å². The number of aromatic nitrogens is 2. The Morgan fingerprint density at radius 2 is 1.74 bits per heavy atom. The Morgan fingerprint density at radius 1 is 0.957 bits per heavy atom. The molecule has 3 heteroatoms. The Hall–Kier alpha value is -2.52. The van der Waals surface area contributed by atoms with Gasteiger partial charge in [-0.05, 0) is 36.2 Å². The lowest BCUT2D eigenvalue weighted by Crippen LogP contribution is -2.16. The molecule has 0 saturated heterocycles. The number of aryl methyl sites for hydroxylation is 1. The van der Waals surface area contributed by atoms with Crippen LogP contribution in [0.5, 0.6) is 0 Å². The second kappa shape index (κ2) is 5.94. The fraction of sp³-hybridized carbons (Fsp3) is 0.200. The zero-order chi connectivity index (χ0) is 15.6. The summed E-state index contributed by atoms with van der Waals surface area (Å²) in [5.74, 6) is 0. The van der Waals surface area contributed by atoms with Crippen LogP contribution in [0.1, 0.15) is 11.1 Å². The van der Waals surface area contributed by atoms with E-state index in [-0.39, 0.29) is 0 Å². The molecule has 0 radical (unpaired) electrons. The maximum atomic E-state index is 3.58. The van der Waals surface area contributed by atoms with Gasteiger partial charge in [0.25, 0.3) is 0 Å². The topological polar surface area (TPSA) is 32.8 Å². The number of hydrogen-bond donors (Lipinski definition) is 2. The molecule has 116 valence electrons. The molecular formula is C20H21N3. The molecule has 0 bridgehead atoms. The first-order valence-electron chi connectivity index (χ1n) is 8.11. The molecular weight excluding hydrogens is 282 g/mol. The first-order valence-corrected chi connectivity index (χ1v) is 8.11. The van der Waals surface area contributed by atoms with Crippen LogP contribution in [0, 0.1) is 0 Å². The second-order valence-electron chi connectivity index (χ2n) is 6.07. The summed E-state index contributed by atoms with van der Waals surface area (Å²) >= 11 is 0. The Morgan fingerprint density at radius 3 is 2.65 bits per heavy atom. The fourth-order valence-electron chi connectivity index (χ4n) is 3.35. The molecule has 0 aliphatic rings. The summed E-state index contributed by atoms with van der Waals surface area (Å²) in [7, 11) is 2.11. The minimum Gasteiger partial charge on any atom is -0.361 e. The van der Waals surface area contributed by atoms with Crippen molar-refractivity contribution in [2.24, 2.45) is 7.05 Å². The van der Waals surface area contributed by atoms with E-state index in [4.69, 9.17) is 0 Å². The van der Waals surface area contributed by atoms with Gasteiger partial charge in [0.05, 0.1) is 0 Å². The van der Waals surface area contributed by atoms with Crippen molar-refractivity contribution >= 4 is 21.8 Å². The van der Waals surface area contributed by atoms with E-state index in [0.29, 0.717) is 0 Å². The predicted molar refractivity (Wildman–Crippen MR) is 96.6 cm³/mol. The van der Waals surface area contributed by atoms with Crippen molar-refractivity contribution in [3.8, 4) is 0 Å². The maximum absolute atomic E-state index is 3.58. The number of aromatic amines is 1. The summed E-state index contributed by atoms with van der Waals surface area (Å²) < 4.78 is 2.20. The van der Waals surface area contributed by atoms with Gasteiger partial charge in [0.15, 0.2) is 0 Å². The molecule has 2 aromatic carbocycles. The van der Waals surface area contributed by atoms with Gasteiger partial charge in [-0.1, -0.05) is 36.4 Å². The van der Waals surface area contributed by atoms with Crippen molar-refractivity contribution in [3.05, 3.63) is 72.1 Å². The van der Waals surface area contributed by atoms with Gasteiger partial charge in [0, 0.05) is 47.8 Å². The highest BCUT2D eigenvalue weighted by Crippen LogP contribution is 2.20. The van der Waals surface area contributed by atoms with E-state index in [1.807, 2.05) is 0 Å². The molecule has 0 saturated carbocycles. The molecule has 4 rings (SSSR count). The number of nitrogens with zero attached hydrogens (tertiary/aromatic N) is 1. The van der Waals surface area contributed by atoms with Crippen molar-refractivity contribution in [2.45, 2.75) is 13.0 Å². The summed E-state index contributed by atoms with van der Waals surface area (Å²) in [6.45, 7) is 1.88. The van der Waals surface area contributed by atoms with Crippen molar-refractivity contribution in [3.63, 3.8) is 0 Å². The number of H-pyrrole nitrogens is 1. The number of nitrogens with one attached hydrogen (secondary N) is 2. The third-order valence-corrected chi connectivity index (χ3v) is 4.54. The number of hydrogen-bond acceptors (Lipinski definition) is 1. The van der Waals surface area contributed by atoms with Crippen molar-refractivity contribution in [2.75, 3.05) is 6.54 Å². The maximum Gasteiger partial charge on any atom is 0.0481 e. The summed E-state index contributed by atoms with van der Waals surface area (Å²) in [6.07, 6.45) is 5.39. The molecule has 0 aliphatic carbocycles. The minimum absolute atomic E-state index is 0.906. The molecule has 2 heterocycles. The SMILES string of the molecule is Cn1cc(CNCCc2c[nH]c3ccccc23)c2ccccc21. The summed E-state index contributed by atoms with van der Waals surface area (Å²) in [4.78, 5) is 3.34. The summed E-state index contributed by atoms with van der Waals surface area (Å²) in [6, 6.07) is 17.1. The van der Waals surface area contributed by atoms with Gasteiger partial charge in [0.2, 0.25) is 0 Å². The average Bonchev–Trinajstić information content (AvgIpc) is 3.14. The zero-order valence-electron chi connectivity index (χ0n) is 13.3. The molecule has 0 amide bonds. The van der Waals surface area contributed by atoms with Crippen LogP contribution in [0.4, 0.5) is 0 Å². The Bertz CT molecular complexity index is 946. The minimum atomic E-state index is 0.906. The molecule has 3 nitrogen and oxygen atoms in total.